The molecule has 2 aromatic rings. The van der Waals surface area contributed by atoms with Crippen LogP contribution in [0.4, 0.5) is 0 Å². The lowest BCUT2D eigenvalue weighted by molar-refractivity contribution is -0.140. The summed E-state index contributed by atoms with van der Waals surface area (Å²) in [5, 5.41) is 3.80. The summed E-state index contributed by atoms with van der Waals surface area (Å²) in [5.41, 5.74) is 2.58. The summed E-state index contributed by atoms with van der Waals surface area (Å²) in [6, 6.07) is 13.8. The van der Waals surface area contributed by atoms with E-state index in [-0.39, 0.29) is 0 Å². The fraction of sp³-hybridized carbons (Fsp3) is 0.143. The summed E-state index contributed by atoms with van der Waals surface area (Å²) in [5.74, 6) is -0.424. The van der Waals surface area contributed by atoms with Crippen molar-refractivity contribution in [1.29, 1.82) is 0 Å². The number of para-hydroxylation sites is 1. The van der Waals surface area contributed by atoms with Gasteiger partial charge in [-0.15, -0.1) is 0 Å². The summed E-state index contributed by atoms with van der Waals surface area (Å²) >= 11 is 0. The second-order valence-corrected chi connectivity index (χ2v) is 3.86. The fourth-order valence-corrected chi connectivity index (χ4v) is 1.67. The molecule has 0 atom stereocenters. The molecule has 0 aliphatic rings. The molecule has 0 radical (unpaired) electrons. The molecule has 0 saturated carbocycles. The number of benzene rings is 1. The van der Waals surface area contributed by atoms with Gasteiger partial charge in [-0.2, -0.15) is 0 Å². The van der Waals surface area contributed by atoms with Crippen LogP contribution in [0.3, 0.4) is 0 Å². The van der Waals surface area contributed by atoms with Crippen molar-refractivity contribution in [2.45, 2.75) is 13.8 Å². The van der Waals surface area contributed by atoms with Gasteiger partial charge in [0.05, 0.1) is 5.69 Å². The van der Waals surface area contributed by atoms with E-state index in [2.05, 4.69) is 9.99 Å². The molecule has 4 nitrogen and oxygen atoms in total. The molecule has 92 valence electrons. The third kappa shape index (κ3) is 2.66. The standard InChI is InChI=1S/C14H14N2O2/c1-11(15-18-12(2)17)14-9-6-10-16(14)13-7-4-3-5-8-13/h3-10H,1-2H3/b15-11+. The molecule has 0 N–H and O–H groups in total. The van der Waals surface area contributed by atoms with Crippen LogP contribution in [0.1, 0.15) is 19.5 Å². The Labute approximate surface area is 105 Å². The first-order valence-corrected chi connectivity index (χ1v) is 5.64. The first kappa shape index (κ1) is 12.1. The number of aromatic nitrogens is 1. The minimum atomic E-state index is -0.424. The van der Waals surface area contributed by atoms with Gasteiger partial charge in [-0.05, 0) is 31.2 Å². The SMILES string of the molecule is CC(=O)O/N=C(\C)c1cccn1-c1ccccc1. The van der Waals surface area contributed by atoms with E-state index in [0.29, 0.717) is 5.71 Å². The fourth-order valence-electron chi connectivity index (χ4n) is 1.67. The van der Waals surface area contributed by atoms with Gasteiger partial charge in [0.25, 0.3) is 0 Å². The minimum absolute atomic E-state index is 0.424. The van der Waals surface area contributed by atoms with E-state index in [1.807, 2.05) is 53.2 Å². The van der Waals surface area contributed by atoms with E-state index in [0.717, 1.165) is 11.4 Å². The molecule has 0 saturated heterocycles. The van der Waals surface area contributed by atoms with Crippen LogP contribution in [0.15, 0.2) is 53.8 Å². The number of hydrogen-bond donors (Lipinski definition) is 0. The first-order chi connectivity index (χ1) is 8.68. The molecule has 18 heavy (non-hydrogen) atoms. The van der Waals surface area contributed by atoms with Crippen LogP contribution in [-0.4, -0.2) is 16.2 Å². The zero-order chi connectivity index (χ0) is 13.0. The zero-order valence-electron chi connectivity index (χ0n) is 10.3. The van der Waals surface area contributed by atoms with Gasteiger partial charge >= 0.3 is 5.97 Å². The summed E-state index contributed by atoms with van der Waals surface area (Å²) in [6.07, 6.45) is 1.94. The topological polar surface area (TPSA) is 43.6 Å². The van der Waals surface area contributed by atoms with Crippen molar-refractivity contribution in [2.24, 2.45) is 5.16 Å². The molecule has 0 unspecified atom stereocenters. The number of hydrogen-bond acceptors (Lipinski definition) is 3. The van der Waals surface area contributed by atoms with Gasteiger partial charge in [0.2, 0.25) is 0 Å². The maximum Gasteiger partial charge on any atom is 0.331 e. The summed E-state index contributed by atoms with van der Waals surface area (Å²) in [4.78, 5) is 15.4. The van der Waals surface area contributed by atoms with Gasteiger partial charge in [-0.1, -0.05) is 23.4 Å². The Hall–Kier alpha value is -2.36. The second-order valence-electron chi connectivity index (χ2n) is 3.86. The Bertz CT molecular complexity index is 570. The highest BCUT2D eigenvalue weighted by Crippen LogP contribution is 2.13. The molecule has 4 heteroatoms. The Morgan fingerprint density at radius 3 is 2.50 bits per heavy atom. The van der Waals surface area contributed by atoms with Gasteiger partial charge < -0.3 is 9.40 Å². The molecule has 1 aromatic carbocycles. The molecule has 2 rings (SSSR count). The molecule has 0 aliphatic carbocycles. The number of rotatable bonds is 3. The van der Waals surface area contributed by atoms with E-state index in [4.69, 9.17) is 0 Å². The van der Waals surface area contributed by atoms with Crippen molar-refractivity contribution < 1.29 is 9.63 Å². The molecule has 0 amide bonds. The number of nitrogens with zero attached hydrogens (tertiary/aromatic N) is 2. The Kier molecular flexibility index (Phi) is 3.57. The maximum atomic E-state index is 10.7. The predicted octanol–water partition coefficient (Wildman–Crippen LogP) is 2.76. The average Bonchev–Trinajstić information content (AvgIpc) is 2.86. The van der Waals surface area contributed by atoms with Crippen LogP contribution in [0.25, 0.3) is 5.69 Å². The first-order valence-electron chi connectivity index (χ1n) is 5.64. The molecule has 0 fully saturated rings. The summed E-state index contributed by atoms with van der Waals surface area (Å²) < 4.78 is 1.99. The number of oxime groups is 1. The average molecular weight is 242 g/mol. The van der Waals surface area contributed by atoms with Crippen molar-refractivity contribution >= 4 is 11.7 Å². The van der Waals surface area contributed by atoms with Crippen LogP contribution in [0.5, 0.6) is 0 Å². The van der Waals surface area contributed by atoms with Crippen molar-refractivity contribution in [3.05, 3.63) is 54.4 Å². The van der Waals surface area contributed by atoms with Crippen LogP contribution in [-0.2, 0) is 9.63 Å². The van der Waals surface area contributed by atoms with Crippen molar-refractivity contribution in [1.82, 2.24) is 4.57 Å². The van der Waals surface area contributed by atoms with E-state index in [1.54, 1.807) is 6.92 Å². The highest BCUT2D eigenvalue weighted by atomic mass is 16.7. The van der Waals surface area contributed by atoms with E-state index >= 15 is 0 Å². The van der Waals surface area contributed by atoms with Crippen LogP contribution in [0, 0.1) is 0 Å². The lowest BCUT2D eigenvalue weighted by atomic mass is 10.2. The largest absolute Gasteiger partial charge is 0.331 e. The smallest absolute Gasteiger partial charge is 0.318 e. The van der Waals surface area contributed by atoms with Crippen molar-refractivity contribution in [3.8, 4) is 5.69 Å². The Balaban J connectivity index is 2.34. The Morgan fingerprint density at radius 1 is 1.11 bits per heavy atom. The normalized spacial score (nSPS) is 11.3. The highest BCUT2D eigenvalue weighted by Gasteiger charge is 2.06. The van der Waals surface area contributed by atoms with Crippen LogP contribution in [0.2, 0.25) is 0 Å². The van der Waals surface area contributed by atoms with E-state index in [9.17, 15) is 4.79 Å². The van der Waals surface area contributed by atoms with Crippen molar-refractivity contribution in [2.75, 3.05) is 0 Å². The van der Waals surface area contributed by atoms with Gasteiger partial charge in [-0.25, -0.2) is 4.79 Å². The van der Waals surface area contributed by atoms with Crippen molar-refractivity contribution in [3.63, 3.8) is 0 Å². The van der Waals surface area contributed by atoms with Gasteiger partial charge in [-0.3, -0.25) is 0 Å². The second kappa shape index (κ2) is 5.31. The molecule has 0 spiro atoms. The monoisotopic (exact) mass is 242 g/mol. The van der Waals surface area contributed by atoms with Gasteiger partial charge in [0.15, 0.2) is 0 Å². The number of carbonyl (C=O) groups excluding carboxylic acids is 1. The minimum Gasteiger partial charge on any atom is -0.318 e. The predicted molar refractivity (Wildman–Crippen MR) is 69.7 cm³/mol. The highest BCUT2D eigenvalue weighted by molar-refractivity contribution is 5.97. The van der Waals surface area contributed by atoms with Gasteiger partial charge in [0, 0.05) is 18.8 Å². The molecular formula is C14H14N2O2. The quantitative estimate of drug-likeness (QED) is 0.472. The van der Waals surface area contributed by atoms with Crippen LogP contribution < -0.4 is 0 Å². The third-order valence-corrected chi connectivity index (χ3v) is 2.46. The maximum absolute atomic E-state index is 10.7. The molecule has 0 bridgehead atoms. The molecule has 1 heterocycles. The lowest BCUT2D eigenvalue weighted by Crippen LogP contribution is -2.06. The van der Waals surface area contributed by atoms with E-state index < -0.39 is 5.97 Å². The third-order valence-electron chi connectivity index (χ3n) is 2.46. The molecule has 0 aliphatic heterocycles. The Morgan fingerprint density at radius 2 is 1.83 bits per heavy atom. The number of carbonyl (C=O) groups is 1. The summed E-state index contributed by atoms with van der Waals surface area (Å²) in [6.45, 7) is 3.13. The lowest BCUT2D eigenvalue weighted by Gasteiger charge is -2.08. The molecule has 1 aromatic heterocycles. The summed E-state index contributed by atoms with van der Waals surface area (Å²) in [7, 11) is 0. The van der Waals surface area contributed by atoms with E-state index in [1.165, 1.54) is 6.92 Å². The van der Waals surface area contributed by atoms with Crippen LogP contribution >= 0.6 is 0 Å². The van der Waals surface area contributed by atoms with Gasteiger partial charge in [0.1, 0.15) is 5.71 Å². The zero-order valence-corrected chi connectivity index (χ0v) is 10.3. The molecular weight excluding hydrogens is 228 g/mol.